The van der Waals surface area contributed by atoms with Gasteiger partial charge >= 0.3 is 0 Å². The van der Waals surface area contributed by atoms with E-state index in [1.807, 2.05) is 55.5 Å². The Morgan fingerprint density at radius 3 is 2.48 bits per heavy atom. The number of aromatic nitrogens is 2. The van der Waals surface area contributed by atoms with Crippen molar-refractivity contribution in [2.45, 2.75) is 6.92 Å². The van der Waals surface area contributed by atoms with Crippen LogP contribution >= 0.6 is 0 Å². The molecule has 0 unspecified atom stereocenters. The highest BCUT2D eigenvalue weighted by atomic mass is 16.5. The topological polar surface area (TPSA) is 56.3 Å². The second kappa shape index (κ2) is 7.45. The Balaban J connectivity index is 1.59. The fraction of sp³-hybridized carbons (Fsp3) is 0.222. The number of fused-ring (bicyclic) bond motifs is 1. The lowest BCUT2D eigenvalue weighted by atomic mass is 10.2. The van der Waals surface area contributed by atoms with Gasteiger partial charge in [0.2, 0.25) is 0 Å². The van der Waals surface area contributed by atoms with Crippen molar-refractivity contribution in [2.24, 2.45) is 0 Å². The van der Waals surface area contributed by atoms with Crippen LogP contribution in [0.3, 0.4) is 0 Å². The van der Waals surface area contributed by atoms with Gasteiger partial charge in [0, 0.05) is 5.39 Å². The lowest BCUT2D eigenvalue weighted by molar-refractivity contribution is 0.284. The van der Waals surface area contributed by atoms with E-state index in [0.29, 0.717) is 19.8 Å². The van der Waals surface area contributed by atoms with E-state index in [1.165, 1.54) is 0 Å². The van der Waals surface area contributed by atoms with Crippen molar-refractivity contribution in [2.75, 3.05) is 25.1 Å². The van der Waals surface area contributed by atoms with Gasteiger partial charge in [-0.05, 0) is 31.2 Å². The Labute approximate surface area is 135 Å². The molecule has 0 aliphatic rings. The molecular formula is C18H19N3O2. The third-order valence-electron chi connectivity index (χ3n) is 3.34. The minimum atomic E-state index is 0.516. The Morgan fingerprint density at radius 2 is 1.65 bits per heavy atom. The number of ether oxygens (including phenoxy) is 2. The smallest absolute Gasteiger partial charge is 0.161 e. The van der Waals surface area contributed by atoms with Gasteiger partial charge in [-0.25, -0.2) is 9.97 Å². The molecule has 118 valence electrons. The summed E-state index contributed by atoms with van der Waals surface area (Å²) in [6.45, 7) is 3.73. The van der Waals surface area contributed by atoms with Gasteiger partial charge in [0.25, 0.3) is 0 Å². The monoisotopic (exact) mass is 309 g/mol. The lowest BCUT2D eigenvalue weighted by Gasteiger charge is -2.12. The van der Waals surface area contributed by atoms with E-state index in [0.717, 1.165) is 28.2 Å². The van der Waals surface area contributed by atoms with Crippen molar-refractivity contribution < 1.29 is 9.47 Å². The van der Waals surface area contributed by atoms with Crippen LogP contribution in [0.15, 0.2) is 54.9 Å². The van der Waals surface area contributed by atoms with Crippen LogP contribution in [-0.2, 0) is 0 Å². The first kappa shape index (κ1) is 15.1. The van der Waals surface area contributed by atoms with E-state index in [4.69, 9.17) is 9.47 Å². The minimum absolute atomic E-state index is 0.516. The van der Waals surface area contributed by atoms with Gasteiger partial charge in [0.15, 0.2) is 11.5 Å². The summed E-state index contributed by atoms with van der Waals surface area (Å²) in [5.41, 5.74) is 0.924. The van der Waals surface area contributed by atoms with E-state index in [1.54, 1.807) is 6.33 Å². The number of nitrogens with one attached hydrogen (secondary N) is 1. The highest BCUT2D eigenvalue weighted by Crippen LogP contribution is 2.26. The fourth-order valence-corrected chi connectivity index (χ4v) is 2.32. The molecule has 23 heavy (non-hydrogen) atoms. The van der Waals surface area contributed by atoms with E-state index >= 15 is 0 Å². The molecular weight excluding hydrogens is 290 g/mol. The van der Waals surface area contributed by atoms with E-state index in [-0.39, 0.29) is 0 Å². The van der Waals surface area contributed by atoms with Crippen LogP contribution in [0.1, 0.15) is 6.92 Å². The summed E-state index contributed by atoms with van der Waals surface area (Å²) in [4.78, 5) is 8.55. The summed E-state index contributed by atoms with van der Waals surface area (Å²) in [5.74, 6) is 2.34. The summed E-state index contributed by atoms with van der Waals surface area (Å²) >= 11 is 0. The molecule has 2 aromatic carbocycles. The number of rotatable bonds is 7. The van der Waals surface area contributed by atoms with Crippen molar-refractivity contribution in [1.29, 1.82) is 0 Å². The third kappa shape index (κ3) is 3.69. The van der Waals surface area contributed by atoms with Crippen LogP contribution in [0, 0.1) is 0 Å². The Kier molecular flexibility index (Phi) is 4.88. The summed E-state index contributed by atoms with van der Waals surface area (Å²) < 4.78 is 11.3. The van der Waals surface area contributed by atoms with Crippen LogP contribution in [0.4, 0.5) is 5.82 Å². The van der Waals surface area contributed by atoms with Gasteiger partial charge in [0.1, 0.15) is 18.8 Å². The van der Waals surface area contributed by atoms with Gasteiger partial charge in [-0.3, -0.25) is 0 Å². The van der Waals surface area contributed by atoms with E-state index in [2.05, 4.69) is 15.3 Å². The fourth-order valence-electron chi connectivity index (χ4n) is 2.32. The number of hydrogen-bond donors (Lipinski definition) is 1. The zero-order valence-electron chi connectivity index (χ0n) is 13.0. The van der Waals surface area contributed by atoms with Crippen molar-refractivity contribution in [1.82, 2.24) is 9.97 Å². The Morgan fingerprint density at radius 1 is 0.913 bits per heavy atom. The lowest BCUT2D eigenvalue weighted by Crippen LogP contribution is -2.13. The molecule has 1 heterocycles. The maximum atomic E-state index is 5.79. The van der Waals surface area contributed by atoms with Crippen molar-refractivity contribution in [3.8, 4) is 11.5 Å². The first-order valence-electron chi connectivity index (χ1n) is 7.66. The Bertz CT molecular complexity index is 772. The number of nitrogens with zero attached hydrogens (tertiary/aromatic N) is 2. The molecule has 1 aromatic heterocycles. The third-order valence-corrected chi connectivity index (χ3v) is 3.34. The molecule has 0 saturated heterocycles. The van der Waals surface area contributed by atoms with Crippen LogP contribution in [0.5, 0.6) is 11.5 Å². The van der Waals surface area contributed by atoms with Crippen molar-refractivity contribution in [3.63, 3.8) is 0 Å². The standard InChI is InChI=1S/C18H19N3O2/c1-2-22-16-9-5-6-10-17(16)23-12-11-19-18-14-7-3-4-8-15(14)20-13-21-18/h3-10,13H,2,11-12H2,1H3,(H,19,20,21). The zero-order chi connectivity index (χ0) is 15.9. The van der Waals surface area contributed by atoms with Crippen LogP contribution in [0.25, 0.3) is 10.9 Å². The number of hydrogen-bond acceptors (Lipinski definition) is 5. The molecule has 0 atom stereocenters. The predicted octanol–water partition coefficient (Wildman–Crippen LogP) is 3.52. The molecule has 3 aromatic rings. The molecule has 5 nitrogen and oxygen atoms in total. The second-order valence-corrected chi connectivity index (χ2v) is 4.89. The summed E-state index contributed by atoms with van der Waals surface area (Å²) in [6, 6.07) is 15.6. The number of para-hydroxylation sites is 3. The summed E-state index contributed by atoms with van der Waals surface area (Å²) in [5, 5.41) is 4.30. The molecule has 3 rings (SSSR count). The van der Waals surface area contributed by atoms with Gasteiger partial charge in [-0.15, -0.1) is 0 Å². The largest absolute Gasteiger partial charge is 0.490 e. The SMILES string of the molecule is CCOc1ccccc1OCCNc1ncnc2ccccc12. The van der Waals surface area contributed by atoms with Gasteiger partial charge in [-0.1, -0.05) is 24.3 Å². The molecule has 0 spiro atoms. The normalized spacial score (nSPS) is 10.5. The van der Waals surface area contributed by atoms with E-state index in [9.17, 15) is 0 Å². The quantitative estimate of drug-likeness (QED) is 0.677. The van der Waals surface area contributed by atoms with Crippen LogP contribution in [0.2, 0.25) is 0 Å². The van der Waals surface area contributed by atoms with E-state index < -0.39 is 0 Å². The zero-order valence-corrected chi connectivity index (χ0v) is 13.0. The van der Waals surface area contributed by atoms with Crippen LogP contribution in [-0.4, -0.2) is 29.7 Å². The maximum absolute atomic E-state index is 5.79. The molecule has 0 amide bonds. The molecule has 1 N–H and O–H groups in total. The van der Waals surface area contributed by atoms with Crippen LogP contribution < -0.4 is 14.8 Å². The highest BCUT2D eigenvalue weighted by molar-refractivity contribution is 5.88. The van der Waals surface area contributed by atoms with Crippen molar-refractivity contribution >= 4 is 16.7 Å². The second-order valence-electron chi connectivity index (χ2n) is 4.89. The molecule has 0 aliphatic heterocycles. The maximum Gasteiger partial charge on any atom is 0.161 e. The number of benzene rings is 2. The van der Waals surface area contributed by atoms with Gasteiger partial charge < -0.3 is 14.8 Å². The molecule has 0 aliphatic carbocycles. The number of anilines is 1. The molecule has 0 saturated carbocycles. The summed E-state index contributed by atoms with van der Waals surface area (Å²) in [6.07, 6.45) is 1.57. The van der Waals surface area contributed by atoms with Crippen molar-refractivity contribution in [3.05, 3.63) is 54.9 Å². The minimum Gasteiger partial charge on any atom is -0.490 e. The molecule has 0 fully saturated rings. The predicted molar refractivity (Wildman–Crippen MR) is 91.1 cm³/mol. The molecule has 0 radical (unpaired) electrons. The van der Waals surface area contributed by atoms with Gasteiger partial charge in [-0.2, -0.15) is 0 Å². The van der Waals surface area contributed by atoms with Gasteiger partial charge in [0.05, 0.1) is 18.7 Å². The molecule has 5 heteroatoms. The molecule has 0 bridgehead atoms. The first-order valence-corrected chi connectivity index (χ1v) is 7.66. The average Bonchev–Trinajstić information content (AvgIpc) is 2.60. The highest BCUT2D eigenvalue weighted by Gasteiger charge is 2.04. The Hall–Kier alpha value is -2.82. The summed E-state index contributed by atoms with van der Waals surface area (Å²) in [7, 11) is 0. The first-order chi connectivity index (χ1) is 11.4. The average molecular weight is 309 g/mol.